The van der Waals surface area contributed by atoms with Gasteiger partial charge < -0.3 is 10.2 Å². The average molecular weight is 386 g/mol. The summed E-state index contributed by atoms with van der Waals surface area (Å²) >= 11 is 1.46. The second-order valence-corrected chi connectivity index (χ2v) is 8.04. The molecular weight excluding hydrogens is 363 g/mol. The molecule has 2 amide bonds. The van der Waals surface area contributed by atoms with E-state index in [1.54, 1.807) is 17.0 Å². The zero-order valence-corrected chi connectivity index (χ0v) is 16.2. The van der Waals surface area contributed by atoms with Gasteiger partial charge in [-0.05, 0) is 29.2 Å². The van der Waals surface area contributed by atoms with Crippen molar-refractivity contribution in [2.45, 2.75) is 25.3 Å². The molecule has 27 heavy (non-hydrogen) atoms. The molecule has 0 spiro atoms. The monoisotopic (exact) mass is 386 g/mol. The molecule has 0 aromatic heterocycles. The molecule has 2 aromatic carbocycles. The predicted molar refractivity (Wildman–Crippen MR) is 105 cm³/mol. The highest BCUT2D eigenvalue weighted by Crippen LogP contribution is 2.43. The fraction of sp³-hybridized carbons (Fsp3) is 0.333. The number of nitrogens with zero attached hydrogens (tertiary/aromatic N) is 1. The van der Waals surface area contributed by atoms with Crippen LogP contribution in [0.5, 0.6) is 0 Å². The standard InChI is InChI=1S/C21H23FN2O2S/c1-14(2)12-23-20(26)19(15-6-4-3-5-7-15)24-18(25)13-27-21(24)16-8-10-17(22)11-9-16/h3-11,14,19,21H,12-13H2,1-2H3,(H,23,26)/t19-,21-/m0/s1. The number of carbonyl (C=O) groups excluding carboxylic acids is 2. The minimum Gasteiger partial charge on any atom is -0.354 e. The fourth-order valence-electron chi connectivity index (χ4n) is 3.07. The molecule has 0 saturated carbocycles. The first-order chi connectivity index (χ1) is 13.0. The summed E-state index contributed by atoms with van der Waals surface area (Å²) in [4.78, 5) is 27.4. The first-order valence-electron chi connectivity index (χ1n) is 8.98. The van der Waals surface area contributed by atoms with E-state index in [0.29, 0.717) is 18.2 Å². The minimum atomic E-state index is -0.720. The van der Waals surface area contributed by atoms with Gasteiger partial charge in [-0.1, -0.05) is 56.3 Å². The average Bonchev–Trinajstić information content (AvgIpc) is 3.03. The third-order valence-electron chi connectivity index (χ3n) is 4.39. The Morgan fingerprint density at radius 3 is 2.48 bits per heavy atom. The third kappa shape index (κ3) is 4.50. The Balaban J connectivity index is 1.96. The van der Waals surface area contributed by atoms with Gasteiger partial charge in [-0.3, -0.25) is 9.59 Å². The number of halogens is 1. The van der Waals surface area contributed by atoms with Crippen LogP contribution in [0.25, 0.3) is 0 Å². The van der Waals surface area contributed by atoms with Crippen molar-refractivity contribution < 1.29 is 14.0 Å². The Bertz CT molecular complexity index is 796. The molecule has 1 fully saturated rings. The zero-order chi connectivity index (χ0) is 19.4. The Morgan fingerprint density at radius 1 is 1.19 bits per heavy atom. The van der Waals surface area contributed by atoms with Crippen molar-refractivity contribution >= 4 is 23.6 Å². The lowest BCUT2D eigenvalue weighted by Crippen LogP contribution is -2.43. The van der Waals surface area contributed by atoms with Crippen LogP contribution >= 0.6 is 11.8 Å². The van der Waals surface area contributed by atoms with E-state index in [0.717, 1.165) is 11.1 Å². The first kappa shape index (κ1) is 19.4. The highest BCUT2D eigenvalue weighted by molar-refractivity contribution is 8.00. The summed E-state index contributed by atoms with van der Waals surface area (Å²) in [5.74, 6) is -0.0143. The Hall–Kier alpha value is -2.34. The van der Waals surface area contributed by atoms with Gasteiger partial charge in [0, 0.05) is 6.54 Å². The van der Waals surface area contributed by atoms with Crippen molar-refractivity contribution in [1.29, 1.82) is 0 Å². The second-order valence-electron chi connectivity index (χ2n) is 6.97. The fourth-order valence-corrected chi connectivity index (χ4v) is 4.27. The summed E-state index contributed by atoms with van der Waals surface area (Å²) in [5, 5.41) is 2.63. The zero-order valence-electron chi connectivity index (χ0n) is 15.4. The highest BCUT2D eigenvalue weighted by Gasteiger charge is 2.41. The molecular formula is C21H23FN2O2S. The summed E-state index contributed by atoms with van der Waals surface area (Å²) in [6.07, 6.45) is 0. The van der Waals surface area contributed by atoms with Gasteiger partial charge in [0.15, 0.2) is 0 Å². The van der Waals surface area contributed by atoms with Crippen LogP contribution in [0.2, 0.25) is 0 Å². The molecule has 0 unspecified atom stereocenters. The van der Waals surface area contributed by atoms with E-state index >= 15 is 0 Å². The van der Waals surface area contributed by atoms with E-state index in [2.05, 4.69) is 5.32 Å². The van der Waals surface area contributed by atoms with Crippen LogP contribution in [0.15, 0.2) is 54.6 Å². The van der Waals surface area contributed by atoms with Gasteiger partial charge >= 0.3 is 0 Å². The van der Waals surface area contributed by atoms with Gasteiger partial charge in [-0.15, -0.1) is 11.8 Å². The first-order valence-corrected chi connectivity index (χ1v) is 10.0. The Kier molecular flexibility index (Phi) is 6.16. The van der Waals surface area contributed by atoms with Crippen molar-refractivity contribution in [3.8, 4) is 0 Å². The van der Waals surface area contributed by atoms with Crippen molar-refractivity contribution in [2.24, 2.45) is 5.92 Å². The van der Waals surface area contributed by atoms with E-state index in [9.17, 15) is 14.0 Å². The molecule has 0 bridgehead atoms. The second kappa shape index (κ2) is 8.57. The molecule has 0 radical (unpaired) electrons. The third-order valence-corrected chi connectivity index (χ3v) is 5.62. The molecule has 142 valence electrons. The number of rotatable bonds is 6. The molecule has 2 atom stereocenters. The van der Waals surface area contributed by atoms with E-state index in [1.165, 1.54) is 23.9 Å². The Morgan fingerprint density at radius 2 is 1.85 bits per heavy atom. The van der Waals surface area contributed by atoms with Crippen molar-refractivity contribution in [1.82, 2.24) is 10.2 Å². The van der Waals surface area contributed by atoms with Crippen LogP contribution in [0, 0.1) is 11.7 Å². The normalized spacial score (nSPS) is 18.0. The van der Waals surface area contributed by atoms with Gasteiger partial charge in [0.05, 0.1) is 5.75 Å². The van der Waals surface area contributed by atoms with Crippen LogP contribution < -0.4 is 5.32 Å². The molecule has 3 rings (SSSR count). The van der Waals surface area contributed by atoms with Crippen molar-refractivity contribution in [3.63, 3.8) is 0 Å². The smallest absolute Gasteiger partial charge is 0.247 e. The molecule has 6 heteroatoms. The molecule has 0 aliphatic carbocycles. The molecule has 4 nitrogen and oxygen atoms in total. The van der Waals surface area contributed by atoms with Gasteiger partial charge in [0.1, 0.15) is 17.2 Å². The quantitative estimate of drug-likeness (QED) is 0.819. The van der Waals surface area contributed by atoms with Gasteiger partial charge in [-0.25, -0.2) is 4.39 Å². The number of amides is 2. The van der Waals surface area contributed by atoms with E-state index in [4.69, 9.17) is 0 Å². The SMILES string of the molecule is CC(C)CNC(=O)[C@H](c1ccccc1)N1C(=O)CS[C@H]1c1ccc(F)cc1. The minimum absolute atomic E-state index is 0.0946. The van der Waals surface area contributed by atoms with E-state index in [1.807, 2.05) is 44.2 Å². The topological polar surface area (TPSA) is 49.4 Å². The van der Waals surface area contributed by atoms with Gasteiger partial charge in [0.25, 0.3) is 0 Å². The number of thioether (sulfide) groups is 1. The van der Waals surface area contributed by atoms with Crippen LogP contribution in [0.4, 0.5) is 4.39 Å². The number of hydrogen-bond donors (Lipinski definition) is 1. The number of benzene rings is 2. The number of hydrogen-bond acceptors (Lipinski definition) is 3. The summed E-state index contributed by atoms with van der Waals surface area (Å²) in [6, 6.07) is 14.7. The van der Waals surface area contributed by atoms with E-state index < -0.39 is 6.04 Å². The van der Waals surface area contributed by atoms with Gasteiger partial charge in [-0.2, -0.15) is 0 Å². The maximum atomic E-state index is 13.3. The van der Waals surface area contributed by atoms with Crippen LogP contribution in [0.3, 0.4) is 0 Å². The molecule has 1 heterocycles. The van der Waals surface area contributed by atoms with Crippen LogP contribution in [0.1, 0.15) is 36.4 Å². The summed E-state index contributed by atoms with van der Waals surface area (Å²) in [5.41, 5.74) is 1.58. The lowest BCUT2D eigenvalue weighted by molar-refractivity contribution is -0.139. The molecule has 2 aromatic rings. The number of nitrogens with one attached hydrogen (secondary N) is 1. The number of carbonyl (C=O) groups is 2. The maximum absolute atomic E-state index is 13.3. The lowest BCUT2D eigenvalue weighted by atomic mass is 10.0. The van der Waals surface area contributed by atoms with Crippen LogP contribution in [-0.4, -0.2) is 29.0 Å². The van der Waals surface area contributed by atoms with Crippen molar-refractivity contribution in [2.75, 3.05) is 12.3 Å². The maximum Gasteiger partial charge on any atom is 0.247 e. The highest BCUT2D eigenvalue weighted by atomic mass is 32.2. The summed E-state index contributed by atoms with van der Waals surface area (Å²) in [7, 11) is 0. The van der Waals surface area contributed by atoms with Crippen molar-refractivity contribution in [3.05, 3.63) is 71.5 Å². The molecule has 1 aliphatic heterocycles. The molecule has 1 N–H and O–H groups in total. The Labute approximate surface area is 163 Å². The summed E-state index contributed by atoms with van der Waals surface area (Å²) < 4.78 is 13.3. The van der Waals surface area contributed by atoms with E-state index in [-0.39, 0.29) is 23.0 Å². The summed E-state index contributed by atoms with van der Waals surface area (Å²) in [6.45, 7) is 4.59. The van der Waals surface area contributed by atoms with Crippen LogP contribution in [-0.2, 0) is 9.59 Å². The lowest BCUT2D eigenvalue weighted by Gasteiger charge is -2.32. The predicted octanol–water partition coefficient (Wildman–Crippen LogP) is 3.91. The molecule has 1 aliphatic rings. The van der Waals surface area contributed by atoms with Gasteiger partial charge in [0.2, 0.25) is 11.8 Å². The molecule has 1 saturated heterocycles. The largest absolute Gasteiger partial charge is 0.354 e.